The molecule has 1 rings (SSSR count). The molecule has 0 spiro atoms. The van der Waals surface area contributed by atoms with E-state index in [9.17, 15) is 18.0 Å². The van der Waals surface area contributed by atoms with Gasteiger partial charge in [-0.05, 0) is 6.92 Å². The Balaban J connectivity index is 3.34. The van der Waals surface area contributed by atoms with Crippen LogP contribution in [-0.2, 0) is 10.1 Å². The summed E-state index contributed by atoms with van der Waals surface area (Å²) in [6, 6.07) is 0. The van der Waals surface area contributed by atoms with E-state index in [1.54, 1.807) is 0 Å². The van der Waals surface area contributed by atoms with Crippen molar-refractivity contribution in [2.75, 3.05) is 6.61 Å². The molecule has 1 aromatic heterocycles. The number of esters is 1. The number of aromatic nitrogens is 1. The molecule has 0 amide bonds. The first-order valence-electron chi connectivity index (χ1n) is 4.71. The van der Waals surface area contributed by atoms with Crippen LogP contribution in [0.4, 0.5) is 13.2 Å². The number of hydrogen-bond acceptors (Lipinski definition) is 3. The molecule has 0 aliphatic heterocycles. The van der Waals surface area contributed by atoms with E-state index in [0.29, 0.717) is 0 Å². The van der Waals surface area contributed by atoms with Gasteiger partial charge in [-0.15, -0.1) is 0 Å². The molecule has 0 N–H and O–H groups in total. The van der Waals surface area contributed by atoms with Crippen molar-refractivity contribution in [1.29, 1.82) is 0 Å². The first-order chi connectivity index (χ1) is 8.02. The molecular formula is C10H9BrF3NO2. The highest BCUT2D eigenvalue weighted by molar-refractivity contribution is 9.08. The normalized spacial score (nSPS) is 10.7. The largest absolute Gasteiger partial charge is 0.462 e. The first kappa shape index (κ1) is 14.0. The van der Waals surface area contributed by atoms with Crippen molar-refractivity contribution < 1.29 is 22.7 Å². The Bertz CT molecular complexity index is 426. The fraction of sp³-hybridized carbons (Fsp3) is 0.400. The number of alkyl halides is 3. The summed E-state index contributed by atoms with van der Waals surface area (Å²) < 4.78 is 43.5. The molecule has 0 aliphatic carbocycles. The van der Waals surface area contributed by atoms with Crippen LogP contribution in [0.5, 0.6) is 0 Å². The van der Waals surface area contributed by atoms with Gasteiger partial charge in [-0.25, -0.2) is 18.0 Å². The van der Waals surface area contributed by atoms with Gasteiger partial charge in [0.15, 0.2) is 0 Å². The number of nitrogens with zero attached hydrogens (tertiary/aromatic N) is 1. The zero-order valence-electron chi connectivity index (χ0n) is 8.84. The van der Waals surface area contributed by atoms with E-state index in [-0.39, 0.29) is 17.5 Å². The van der Waals surface area contributed by atoms with Gasteiger partial charge in [-0.2, -0.15) is 0 Å². The van der Waals surface area contributed by atoms with Gasteiger partial charge >= 0.3 is 5.97 Å². The van der Waals surface area contributed by atoms with Crippen molar-refractivity contribution in [3.05, 3.63) is 28.8 Å². The van der Waals surface area contributed by atoms with Gasteiger partial charge in [0.2, 0.25) is 0 Å². The molecule has 0 atom stereocenters. The topological polar surface area (TPSA) is 39.2 Å². The molecule has 0 unspecified atom stereocenters. The Morgan fingerprint density at radius 1 is 1.59 bits per heavy atom. The summed E-state index contributed by atoms with van der Waals surface area (Å²) in [5.74, 6) is -2.15. The Labute approximate surface area is 104 Å². The first-order valence-corrected chi connectivity index (χ1v) is 5.83. The summed E-state index contributed by atoms with van der Waals surface area (Å²) in [7, 11) is 0. The number of hydrogen-bond donors (Lipinski definition) is 0. The minimum Gasteiger partial charge on any atom is -0.462 e. The van der Waals surface area contributed by atoms with Crippen molar-refractivity contribution in [1.82, 2.24) is 4.98 Å². The molecule has 94 valence electrons. The van der Waals surface area contributed by atoms with E-state index in [1.807, 2.05) is 0 Å². The van der Waals surface area contributed by atoms with Crippen LogP contribution in [0.1, 0.15) is 35.0 Å². The Hall–Kier alpha value is -1.11. The fourth-order valence-corrected chi connectivity index (χ4v) is 1.59. The lowest BCUT2D eigenvalue weighted by molar-refractivity contribution is 0.0506. The van der Waals surface area contributed by atoms with Crippen molar-refractivity contribution in [2.24, 2.45) is 0 Å². The van der Waals surface area contributed by atoms with Crippen LogP contribution in [0.3, 0.4) is 0 Å². The molecule has 0 aliphatic rings. The predicted molar refractivity (Wildman–Crippen MR) is 57.7 cm³/mol. The molecular weight excluding hydrogens is 303 g/mol. The van der Waals surface area contributed by atoms with Gasteiger partial charge < -0.3 is 4.74 Å². The van der Waals surface area contributed by atoms with Gasteiger partial charge in [-0.1, -0.05) is 15.9 Å². The van der Waals surface area contributed by atoms with Crippen LogP contribution in [0.15, 0.2) is 6.20 Å². The molecule has 3 nitrogen and oxygen atoms in total. The second kappa shape index (κ2) is 6.00. The predicted octanol–water partition coefficient (Wildman–Crippen LogP) is 3.23. The summed E-state index contributed by atoms with van der Waals surface area (Å²) in [6.07, 6.45) is -2.07. The van der Waals surface area contributed by atoms with Crippen molar-refractivity contribution in [2.45, 2.75) is 18.7 Å². The summed E-state index contributed by atoms with van der Waals surface area (Å²) in [5.41, 5.74) is -1.66. The van der Waals surface area contributed by atoms with E-state index >= 15 is 0 Å². The lowest BCUT2D eigenvalue weighted by Crippen LogP contribution is -2.14. The number of halogens is 4. The number of rotatable bonds is 4. The van der Waals surface area contributed by atoms with Crippen LogP contribution in [0.25, 0.3) is 0 Å². The van der Waals surface area contributed by atoms with Crippen LogP contribution in [-0.4, -0.2) is 17.6 Å². The Morgan fingerprint density at radius 2 is 2.24 bits per heavy atom. The third kappa shape index (κ3) is 2.96. The fourth-order valence-electron chi connectivity index (χ4n) is 1.20. The third-order valence-corrected chi connectivity index (χ3v) is 2.55. The molecule has 17 heavy (non-hydrogen) atoms. The average Bonchev–Trinajstić information content (AvgIpc) is 2.28. The van der Waals surface area contributed by atoms with Crippen LogP contribution < -0.4 is 0 Å². The maximum atomic E-state index is 13.8. The second-order valence-corrected chi connectivity index (χ2v) is 3.57. The molecule has 0 fully saturated rings. The van der Waals surface area contributed by atoms with Crippen LogP contribution in [0, 0.1) is 5.82 Å². The van der Waals surface area contributed by atoms with E-state index < -0.39 is 29.5 Å². The van der Waals surface area contributed by atoms with Gasteiger partial charge in [0, 0.05) is 17.1 Å². The summed E-state index contributed by atoms with van der Waals surface area (Å²) >= 11 is 2.97. The molecule has 0 bridgehead atoms. The highest BCUT2D eigenvalue weighted by Crippen LogP contribution is 2.26. The van der Waals surface area contributed by atoms with E-state index in [1.165, 1.54) is 6.92 Å². The Morgan fingerprint density at radius 3 is 2.71 bits per heavy atom. The van der Waals surface area contributed by atoms with Gasteiger partial charge in [0.05, 0.1) is 6.61 Å². The highest BCUT2D eigenvalue weighted by atomic mass is 79.9. The number of pyridine rings is 1. The lowest BCUT2D eigenvalue weighted by atomic mass is 10.1. The third-order valence-electron chi connectivity index (χ3n) is 1.95. The molecule has 1 aromatic rings. The Kier molecular flexibility index (Phi) is 4.92. The van der Waals surface area contributed by atoms with Crippen LogP contribution in [0.2, 0.25) is 0 Å². The van der Waals surface area contributed by atoms with Gasteiger partial charge in [-0.3, -0.25) is 4.98 Å². The molecule has 1 heterocycles. The maximum Gasteiger partial charge on any atom is 0.343 e. The lowest BCUT2D eigenvalue weighted by Gasteiger charge is -2.10. The van der Waals surface area contributed by atoms with Gasteiger partial charge in [0.25, 0.3) is 6.43 Å². The van der Waals surface area contributed by atoms with Crippen molar-refractivity contribution in [3.8, 4) is 0 Å². The molecule has 0 saturated carbocycles. The van der Waals surface area contributed by atoms with Crippen LogP contribution >= 0.6 is 15.9 Å². The highest BCUT2D eigenvalue weighted by Gasteiger charge is 2.26. The number of carbonyl (C=O) groups is 1. The summed E-state index contributed by atoms with van der Waals surface area (Å²) in [5, 5.41) is 0.0712. The second-order valence-electron chi connectivity index (χ2n) is 3.01. The number of ether oxygens (including phenoxy) is 1. The maximum absolute atomic E-state index is 13.8. The average molecular weight is 312 g/mol. The number of carbonyl (C=O) groups excluding carboxylic acids is 1. The minimum absolute atomic E-state index is 0.0254. The van der Waals surface area contributed by atoms with Gasteiger partial charge in [0.1, 0.15) is 17.1 Å². The van der Waals surface area contributed by atoms with E-state index in [0.717, 1.165) is 6.20 Å². The summed E-state index contributed by atoms with van der Waals surface area (Å²) in [6.45, 7) is 1.47. The zero-order valence-corrected chi connectivity index (χ0v) is 10.4. The van der Waals surface area contributed by atoms with E-state index in [2.05, 4.69) is 25.7 Å². The SMILES string of the molecule is CCOC(=O)c1c(C(F)F)ncc(CBr)c1F. The van der Waals surface area contributed by atoms with E-state index in [4.69, 9.17) is 0 Å². The quantitative estimate of drug-likeness (QED) is 0.633. The molecule has 0 aromatic carbocycles. The molecule has 0 radical (unpaired) electrons. The van der Waals surface area contributed by atoms with Crippen molar-refractivity contribution in [3.63, 3.8) is 0 Å². The monoisotopic (exact) mass is 311 g/mol. The minimum atomic E-state index is -3.03. The zero-order chi connectivity index (χ0) is 13.0. The molecule has 7 heteroatoms. The smallest absolute Gasteiger partial charge is 0.343 e. The van der Waals surface area contributed by atoms with Crippen molar-refractivity contribution >= 4 is 21.9 Å². The summed E-state index contributed by atoms with van der Waals surface area (Å²) in [4.78, 5) is 14.8. The molecule has 0 saturated heterocycles. The standard InChI is InChI=1S/C10H9BrF3NO2/c1-2-17-10(16)6-7(12)5(3-11)4-15-8(6)9(13)14/h4,9H,2-3H2,1H3.